The number of aromatic hydroxyl groups is 1. The lowest BCUT2D eigenvalue weighted by Crippen LogP contribution is -2.19. The fourth-order valence-corrected chi connectivity index (χ4v) is 2.66. The summed E-state index contributed by atoms with van der Waals surface area (Å²) < 4.78 is 0. The summed E-state index contributed by atoms with van der Waals surface area (Å²) in [5, 5.41) is 16.2. The fraction of sp³-hybridized carbons (Fsp3) is 0.0870. The molecule has 3 aromatic rings. The third-order valence-corrected chi connectivity index (χ3v) is 4.30. The molecule has 6 heteroatoms. The average molecular weight is 387 g/mol. The molecule has 0 bridgehead atoms. The van der Waals surface area contributed by atoms with Gasteiger partial charge >= 0.3 is 0 Å². The number of rotatable bonds is 5. The van der Waals surface area contributed by atoms with Gasteiger partial charge in [0, 0.05) is 16.8 Å². The fourth-order valence-electron chi connectivity index (χ4n) is 2.66. The normalized spacial score (nSPS) is 11.0. The molecule has 0 aliphatic heterocycles. The van der Waals surface area contributed by atoms with Crippen LogP contribution in [0.4, 0.5) is 5.69 Å². The quantitative estimate of drug-likeness (QED) is 0.455. The molecule has 0 saturated carbocycles. The van der Waals surface area contributed by atoms with E-state index in [4.69, 9.17) is 0 Å². The largest absolute Gasteiger partial charge is 0.508 e. The first-order valence-electron chi connectivity index (χ1n) is 9.04. The predicted molar refractivity (Wildman–Crippen MR) is 113 cm³/mol. The standard InChI is InChI=1S/C23H21N3O3/c1-15-4-3-5-19(14-15)22(28)24-20-10-6-18(7-11-20)23(29)26-25-16(2)17-8-12-21(27)13-9-17/h3-14,27H,1-2H3,(H,24,28)(H,26,29). The molecule has 0 heterocycles. The van der Waals surface area contributed by atoms with Gasteiger partial charge in [-0.15, -0.1) is 0 Å². The zero-order chi connectivity index (χ0) is 20.8. The highest BCUT2D eigenvalue weighted by atomic mass is 16.3. The van der Waals surface area contributed by atoms with Gasteiger partial charge in [0.1, 0.15) is 5.75 Å². The van der Waals surface area contributed by atoms with Gasteiger partial charge in [-0.2, -0.15) is 5.10 Å². The molecule has 3 rings (SSSR count). The van der Waals surface area contributed by atoms with E-state index in [1.54, 1.807) is 61.5 Å². The van der Waals surface area contributed by atoms with Crippen LogP contribution in [0.5, 0.6) is 5.75 Å². The van der Waals surface area contributed by atoms with E-state index < -0.39 is 0 Å². The molecular formula is C23H21N3O3. The van der Waals surface area contributed by atoms with E-state index in [2.05, 4.69) is 15.8 Å². The van der Waals surface area contributed by atoms with Gasteiger partial charge in [-0.1, -0.05) is 17.7 Å². The Morgan fingerprint density at radius 2 is 1.48 bits per heavy atom. The third kappa shape index (κ3) is 5.29. The van der Waals surface area contributed by atoms with Gasteiger partial charge in [-0.05, 0) is 80.1 Å². The number of nitrogens with one attached hydrogen (secondary N) is 2. The van der Waals surface area contributed by atoms with Crippen LogP contribution in [-0.2, 0) is 0 Å². The Bertz CT molecular complexity index is 1060. The molecule has 0 aliphatic carbocycles. The molecule has 3 aromatic carbocycles. The topological polar surface area (TPSA) is 90.8 Å². The second kappa shape index (κ2) is 8.84. The Labute approximate surface area is 168 Å². The Hall–Kier alpha value is -3.93. The molecular weight excluding hydrogens is 366 g/mol. The lowest BCUT2D eigenvalue weighted by Gasteiger charge is -2.07. The van der Waals surface area contributed by atoms with Crippen LogP contribution >= 0.6 is 0 Å². The monoisotopic (exact) mass is 387 g/mol. The van der Waals surface area contributed by atoms with Crippen molar-refractivity contribution in [3.05, 3.63) is 95.1 Å². The molecule has 0 saturated heterocycles. The Morgan fingerprint density at radius 3 is 2.14 bits per heavy atom. The number of aryl methyl sites for hydroxylation is 1. The molecule has 0 radical (unpaired) electrons. The summed E-state index contributed by atoms with van der Waals surface area (Å²) in [5.74, 6) is -0.403. The molecule has 0 fully saturated rings. The van der Waals surface area contributed by atoms with Crippen LogP contribution in [0, 0.1) is 6.92 Å². The molecule has 0 aromatic heterocycles. The molecule has 6 nitrogen and oxygen atoms in total. The lowest BCUT2D eigenvalue weighted by atomic mass is 10.1. The number of hydrogen-bond acceptors (Lipinski definition) is 4. The van der Waals surface area contributed by atoms with Crippen LogP contribution in [0.3, 0.4) is 0 Å². The van der Waals surface area contributed by atoms with Crippen molar-refractivity contribution in [1.29, 1.82) is 0 Å². The van der Waals surface area contributed by atoms with Crippen LogP contribution in [0.2, 0.25) is 0 Å². The van der Waals surface area contributed by atoms with Crippen molar-refractivity contribution in [2.24, 2.45) is 5.10 Å². The maximum Gasteiger partial charge on any atom is 0.271 e. The van der Waals surface area contributed by atoms with E-state index in [1.807, 2.05) is 25.1 Å². The third-order valence-electron chi connectivity index (χ3n) is 4.30. The smallest absolute Gasteiger partial charge is 0.271 e. The zero-order valence-electron chi connectivity index (χ0n) is 16.1. The summed E-state index contributed by atoms with van der Waals surface area (Å²) in [6, 6.07) is 20.4. The number of phenols is 1. The van der Waals surface area contributed by atoms with Crippen LogP contribution in [0.15, 0.2) is 77.9 Å². The van der Waals surface area contributed by atoms with E-state index in [9.17, 15) is 14.7 Å². The molecule has 3 N–H and O–H groups in total. The van der Waals surface area contributed by atoms with Crippen LogP contribution in [0.25, 0.3) is 0 Å². The lowest BCUT2D eigenvalue weighted by molar-refractivity contribution is 0.0954. The molecule has 2 amide bonds. The number of benzene rings is 3. The second-order valence-corrected chi connectivity index (χ2v) is 6.59. The van der Waals surface area contributed by atoms with E-state index in [0.29, 0.717) is 22.5 Å². The van der Waals surface area contributed by atoms with Gasteiger partial charge < -0.3 is 10.4 Å². The number of phenolic OH excluding ortho intramolecular Hbond substituents is 1. The summed E-state index contributed by atoms with van der Waals surface area (Å²) in [6.45, 7) is 3.69. The Kier molecular flexibility index (Phi) is 6.04. The molecule has 0 unspecified atom stereocenters. The van der Waals surface area contributed by atoms with Gasteiger partial charge in [0.15, 0.2) is 0 Å². The number of hydrogen-bond donors (Lipinski definition) is 3. The first kappa shape index (κ1) is 19.8. The predicted octanol–water partition coefficient (Wildman–Crippen LogP) is 4.11. The minimum atomic E-state index is -0.361. The van der Waals surface area contributed by atoms with Gasteiger partial charge in [-0.3, -0.25) is 9.59 Å². The number of hydrazone groups is 1. The molecule has 146 valence electrons. The van der Waals surface area contributed by atoms with Crippen LogP contribution in [-0.4, -0.2) is 22.6 Å². The SMILES string of the molecule is CC(=NNC(=O)c1ccc(NC(=O)c2cccc(C)c2)cc1)c1ccc(O)cc1. The van der Waals surface area contributed by atoms with Crippen LogP contribution < -0.4 is 10.7 Å². The van der Waals surface area contributed by atoms with E-state index in [-0.39, 0.29) is 17.6 Å². The highest BCUT2D eigenvalue weighted by molar-refractivity contribution is 6.05. The minimum Gasteiger partial charge on any atom is -0.508 e. The van der Waals surface area contributed by atoms with Crippen LogP contribution in [0.1, 0.15) is 38.8 Å². The first-order chi connectivity index (χ1) is 13.9. The van der Waals surface area contributed by atoms with Gasteiger partial charge in [0.25, 0.3) is 11.8 Å². The summed E-state index contributed by atoms with van der Waals surface area (Å²) in [4.78, 5) is 24.6. The van der Waals surface area contributed by atoms with Crippen molar-refractivity contribution < 1.29 is 14.7 Å². The number of carbonyl (C=O) groups excluding carboxylic acids is 2. The number of nitrogens with zero attached hydrogens (tertiary/aromatic N) is 1. The highest BCUT2D eigenvalue weighted by Crippen LogP contribution is 2.13. The molecule has 0 aliphatic rings. The number of amides is 2. The van der Waals surface area contributed by atoms with Crippen molar-refractivity contribution in [2.45, 2.75) is 13.8 Å². The summed E-state index contributed by atoms with van der Waals surface area (Å²) in [5.41, 5.74) is 6.50. The molecule has 0 atom stereocenters. The van der Waals surface area contributed by atoms with Crippen molar-refractivity contribution in [1.82, 2.24) is 5.43 Å². The molecule has 0 spiro atoms. The van der Waals surface area contributed by atoms with Crippen molar-refractivity contribution in [3.8, 4) is 5.75 Å². The van der Waals surface area contributed by atoms with Crippen molar-refractivity contribution in [2.75, 3.05) is 5.32 Å². The minimum absolute atomic E-state index is 0.167. The zero-order valence-corrected chi connectivity index (χ0v) is 16.1. The van der Waals surface area contributed by atoms with E-state index in [1.165, 1.54) is 0 Å². The number of carbonyl (C=O) groups is 2. The second-order valence-electron chi connectivity index (χ2n) is 6.59. The Balaban J connectivity index is 1.62. The Morgan fingerprint density at radius 1 is 0.828 bits per heavy atom. The average Bonchev–Trinajstić information content (AvgIpc) is 2.73. The highest BCUT2D eigenvalue weighted by Gasteiger charge is 2.08. The maximum atomic E-state index is 12.3. The molecule has 29 heavy (non-hydrogen) atoms. The van der Waals surface area contributed by atoms with Gasteiger partial charge in [-0.25, -0.2) is 5.43 Å². The summed E-state index contributed by atoms with van der Waals surface area (Å²) in [7, 11) is 0. The van der Waals surface area contributed by atoms with Gasteiger partial charge in [0.05, 0.1) is 5.71 Å². The van der Waals surface area contributed by atoms with Gasteiger partial charge in [0.2, 0.25) is 0 Å². The van der Waals surface area contributed by atoms with E-state index >= 15 is 0 Å². The maximum absolute atomic E-state index is 12.3. The summed E-state index contributed by atoms with van der Waals surface area (Å²) >= 11 is 0. The number of anilines is 1. The first-order valence-corrected chi connectivity index (χ1v) is 9.04. The summed E-state index contributed by atoms with van der Waals surface area (Å²) in [6.07, 6.45) is 0. The van der Waals surface area contributed by atoms with E-state index in [0.717, 1.165) is 11.1 Å². The van der Waals surface area contributed by atoms with Crippen molar-refractivity contribution >= 4 is 23.2 Å². The van der Waals surface area contributed by atoms with Crippen molar-refractivity contribution in [3.63, 3.8) is 0 Å².